The Kier molecular flexibility index (Phi) is 6.27. The third-order valence-corrected chi connectivity index (χ3v) is 5.83. The van der Waals surface area contributed by atoms with Crippen molar-refractivity contribution in [3.63, 3.8) is 0 Å². The van der Waals surface area contributed by atoms with Crippen LogP contribution < -0.4 is 14.2 Å². The Balaban J connectivity index is 2.15. The van der Waals surface area contributed by atoms with Crippen LogP contribution in [-0.2, 0) is 16.4 Å². The molecule has 0 N–H and O–H groups in total. The fraction of sp³-hybridized carbons (Fsp3) is 0.333. The third-order valence-electron chi connectivity index (χ3n) is 3.93. The Morgan fingerprint density at radius 3 is 2.04 bits per heavy atom. The van der Waals surface area contributed by atoms with E-state index in [0.717, 1.165) is 11.3 Å². The first-order chi connectivity index (χ1) is 11.9. The lowest BCUT2D eigenvalue weighted by atomic mass is 10.1. The van der Waals surface area contributed by atoms with Crippen molar-refractivity contribution < 1.29 is 22.6 Å². The van der Waals surface area contributed by atoms with Gasteiger partial charge in [-0.25, -0.2) is 12.7 Å². The molecule has 136 valence electrons. The minimum atomic E-state index is -3.66. The van der Waals surface area contributed by atoms with E-state index in [1.165, 1.54) is 24.6 Å². The largest absolute Gasteiger partial charge is 0.497 e. The molecule has 0 saturated heterocycles. The number of likely N-dealkylation sites (N-methyl/N-ethyl adjacent to an activating group) is 1. The lowest BCUT2D eigenvalue weighted by molar-refractivity contribution is 0.383. The second-order valence-electron chi connectivity index (χ2n) is 5.44. The van der Waals surface area contributed by atoms with Crippen LogP contribution >= 0.6 is 0 Å². The normalized spacial score (nSPS) is 11.4. The molecule has 2 aromatic rings. The van der Waals surface area contributed by atoms with Gasteiger partial charge in [-0.3, -0.25) is 0 Å². The fourth-order valence-corrected chi connectivity index (χ4v) is 3.66. The first-order valence-electron chi connectivity index (χ1n) is 7.73. The van der Waals surface area contributed by atoms with Gasteiger partial charge in [-0.1, -0.05) is 12.1 Å². The van der Waals surface area contributed by atoms with Crippen LogP contribution in [0.1, 0.15) is 5.56 Å². The molecule has 0 saturated carbocycles. The summed E-state index contributed by atoms with van der Waals surface area (Å²) in [5.74, 6) is 1.57. The smallest absolute Gasteiger partial charge is 0.246 e. The molecule has 0 bridgehead atoms. The van der Waals surface area contributed by atoms with Gasteiger partial charge in [-0.05, 0) is 36.2 Å². The quantitative estimate of drug-likeness (QED) is 0.719. The van der Waals surface area contributed by atoms with Gasteiger partial charge >= 0.3 is 0 Å². The summed E-state index contributed by atoms with van der Waals surface area (Å²) in [7, 11) is 2.46. The molecular formula is C18H23NO5S. The lowest BCUT2D eigenvalue weighted by Gasteiger charge is -2.19. The van der Waals surface area contributed by atoms with E-state index in [-0.39, 0.29) is 10.6 Å². The van der Waals surface area contributed by atoms with Gasteiger partial charge in [0.15, 0.2) is 0 Å². The summed E-state index contributed by atoms with van der Waals surface area (Å²) in [5.41, 5.74) is 1.03. The van der Waals surface area contributed by atoms with E-state index in [0.29, 0.717) is 18.7 Å². The zero-order valence-electron chi connectivity index (χ0n) is 14.9. The van der Waals surface area contributed by atoms with Crippen LogP contribution in [0, 0.1) is 0 Å². The van der Waals surface area contributed by atoms with Gasteiger partial charge in [0.2, 0.25) is 10.0 Å². The number of nitrogens with zero attached hydrogens (tertiary/aromatic N) is 1. The summed E-state index contributed by atoms with van der Waals surface area (Å²) in [6, 6.07) is 12.2. The van der Waals surface area contributed by atoms with Crippen molar-refractivity contribution in [2.45, 2.75) is 11.3 Å². The predicted molar refractivity (Wildman–Crippen MR) is 96.1 cm³/mol. The molecule has 0 spiro atoms. The Hall–Kier alpha value is -2.25. The summed E-state index contributed by atoms with van der Waals surface area (Å²) in [6.07, 6.45) is 0.595. The zero-order chi connectivity index (χ0) is 18.4. The minimum absolute atomic E-state index is 0.119. The molecule has 0 aliphatic rings. The van der Waals surface area contributed by atoms with Crippen molar-refractivity contribution in [2.24, 2.45) is 0 Å². The van der Waals surface area contributed by atoms with Crippen molar-refractivity contribution in [3.05, 3.63) is 48.0 Å². The summed E-state index contributed by atoms with van der Waals surface area (Å²) in [4.78, 5) is 0.119. The second-order valence-corrected chi connectivity index (χ2v) is 7.45. The van der Waals surface area contributed by atoms with E-state index in [2.05, 4.69) is 0 Å². The molecule has 6 nitrogen and oxygen atoms in total. The molecule has 0 fully saturated rings. The van der Waals surface area contributed by atoms with E-state index in [1.807, 2.05) is 24.3 Å². The molecule has 0 aromatic heterocycles. The molecule has 0 atom stereocenters. The summed E-state index contributed by atoms with van der Waals surface area (Å²) in [6.45, 7) is 0.351. The van der Waals surface area contributed by atoms with Crippen LogP contribution in [0.5, 0.6) is 17.2 Å². The van der Waals surface area contributed by atoms with Crippen LogP contribution in [-0.4, -0.2) is 47.6 Å². The highest BCUT2D eigenvalue weighted by molar-refractivity contribution is 7.89. The predicted octanol–water partition coefficient (Wildman–Crippen LogP) is 2.58. The van der Waals surface area contributed by atoms with Gasteiger partial charge < -0.3 is 14.2 Å². The highest BCUT2D eigenvalue weighted by atomic mass is 32.2. The Morgan fingerprint density at radius 2 is 1.48 bits per heavy atom. The first-order valence-corrected chi connectivity index (χ1v) is 9.17. The van der Waals surface area contributed by atoms with E-state index in [9.17, 15) is 8.42 Å². The molecule has 0 aliphatic carbocycles. The topological polar surface area (TPSA) is 65.1 Å². The Bertz CT molecular complexity index is 803. The number of ether oxygens (including phenoxy) is 3. The van der Waals surface area contributed by atoms with E-state index >= 15 is 0 Å². The SMILES string of the molecule is COc1ccc(CCN(C)S(=O)(=O)c2ccc(OC)cc2OC)cc1. The second kappa shape index (κ2) is 8.22. The lowest BCUT2D eigenvalue weighted by Crippen LogP contribution is -2.29. The molecule has 0 unspecified atom stereocenters. The average Bonchev–Trinajstić information content (AvgIpc) is 2.65. The van der Waals surface area contributed by atoms with E-state index in [1.54, 1.807) is 26.3 Å². The molecule has 7 heteroatoms. The van der Waals surface area contributed by atoms with Crippen molar-refractivity contribution >= 4 is 10.0 Å². The number of hydrogen-bond donors (Lipinski definition) is 0. The number of hydrogen-bond acceptors (Lipinski definition) is 5. The Morgan fingerprint density at radius 1 is 0.880 bits per heavy atom. The fourth-order valence-electron chi connectivity index (χ4n) is 2.35. The summed E-state index contributed by atoms with van der Waals surface area (Å²) < 4.78 is 42.4. The van der Waals surface area contributed by atoms with E-state index < -0.39 is 10.0 Å². The Labute approximate surface area is 149 Å². The molecule has 0 aliphatic heterocycles. The van der Waals surface area contributed by atoms with Crippen LogP contribution in [0.4, 0.5) is 0 Å². The minimum Gasteiger partial charge on any atom is -0.497 e. The number of rotatable bonds is 8. The van der Waals surface area contributed by atoms with Crippen molar-refractivity contribution in [1.29, 1.82) is 0 Å². The number of methoxy groups -OCH3 is 3. The molecule has 2 rings (SSSR count). The number of sulfonamides is 1. The number of benzene rings is 2. The van der Waals surface area contributed by atoms with Gasteiger partial charge in [0, 0.05) is 19.7 Å². The van der Waals surface area contributed by atoms with Crippen LogP contribution in [0.25, 0.3) is 0 Å². The van der Waals surface area contributed by atoms with E-state index in [4.69, 9.17) is 14.2 Å². The standard InChI is InChI=1S/C18H23NO5S/c1-19(12-11-14-5-7-15(22-2)8-6-14)25(20,21)18-10-9-16(23-3)13-17(18)24-4/h5-10,13H,11-12H2,1-4H3. The van der Waals surface area contributed by atoms with Crippen molar-refractivity contribution in [2.75, 3.05) is 34.9 Å². The van der Waals surface area contributed by atoms with Gasteiger partial charge in [0.05, 0.1) is 21.3 Å². The highest BCUT2D eigenvalue weighted by Crippen LogP contribution is 2.30. The molecule has 2 aromatic carbocycles. The summed E-state index contributed by atoms with van der Waals surface area (Å²) in [5, 5.41) is 0. The van der Waals surface area contributed by atoms with Crippen molar-refractivity contribution in [1.82, 2.24) is 4.31 Å². The first kappa shape index (κ1) is 19.1. The average molecular weight is 365 g/mol. The zero-order valence-corrected chi connectivity index (χ0v) is 15.7. The van der Waals surface area contributed by atoms with Crippen LogP contribution in [0.3, 0.4) is 0 Å². The maximum absolute atomic E-state index is 12.8. The molecule has 0 amide bonds. The molecule has 25 heavy (non-hydrogen) atoms. The highest BCUT2D eigenvalue weighted by Gasteiger charge is 2.25. The van der Waals surface area contributed by atoms with Gasteiger partial charge in [0.25, 0.3) is 0 Å². The van der Waals surface area contributed by atoms with Crippen LogP contribution in [0.2, 0.25) is 0 Å². The maximum Gasteiger partial charge on any atom is 0.246 e. The molecular weight excluding hydrogens is 342 g/mol. The van der Waals surface area contributed by atoms with Gasteiger partial charge in [-0.15, -0.1) is 0 Å². The van der Waals surface area contributed by atoms with Crippen LogP contribution in [0.15, 0.2) is 47.4 Å². The third kappa shape index (κ3) is 4.43. The van der Waals surface area contributed by atoms with Crippen molar-refractivity contribution in [3.8, 4) is 17.2 Å². The van der Waals surface area contributed by atoms with Gasteiger partial charge in [0.1, 0.15) is 22.1 Å². The monoisotopic (exact) mass is 365 g/mol. The maximum atomic E-state index is 12.8. The molecule has 0 heterocycles. The van der Waals surface area contributed by atoms with Gasteiger partial charge in [-0.2, -0.15) is 0 Å². The summed E-state index contributed by atoms with van der Waals surface area (Å²) >= 11 is 0. The molecule has 0 radical (unpaired) electrons.